The quantitative estimate of drug-likeness (QED) is 0.895. The monoisotopic (exact) mass is 264 g/mol. The Kier molecular flexibility index (Phi) is 3.79. The molecule has 0 aliphatic heterocycles. The van der Waals surface area contributed by atoms with Gasteiger partial charge in [-0.2, -0.15) is 0 Å². The zero-order valence-corrected chi connectivity index (χ0v) is 10.3. The van der Waals surface area contributed by atoms with Gasteiger partial charge in [0.1, 0.15) is 23.0 Å². The zero-order chi connectivity index (χ0) is 13.8. The molecule has 1 aromatic heterocycles. The van der Waals surface area contributed by atoms with Crippen LogP contribution in [0, 0.1) is 5.82 Å². The average molecular weight is 264 g/mol. The fourth-order valence-corrected chi connectivity index (χ4v) is 1.72. The molecule has 0 atom stereocenters. The maximum Gasteiger partial charge on any atom is 0.342 e. The summed E-state index contributed by atoms with van der Waals surface area (Å²) in [4.78, 5) is 15.1. The highest BCUT2D eigenvalue weighted by molar-refractivity contribution is 5.91. The Bertz CT molecular complexity index is 595. The molecule has 0 amide bonds. The first-order chi connectivity index (χ1) is 9.09. The predicted molar refractivity (Wildman–Crippen MR) is 65.8 cm³/mol. The fraction of sp³-hybridized carbons (Fsp3) is 0.231. The third-order valence-electron chi connectivity index (χ3n) is 2.69. The molecule has 0 bridgehead atoms. The summed E-state index contributed by atoms with van der Waals surface area (Å²) in [5, 5.41) is 8.94. The molecule has 5 nitrogen and oxygen atoms in total. The van der Waals surface area contributed by atoms with Gasteiger partial charge in [-0.15, -0.1) is 0 Å². The van der Waals surface area contributed by atoms with E-state index in [0.717, 1.165) is 11.9 Å². The molecule has 2 rings (SSSR count). The lowest BCUT2D eigenvalue weighted by atomic mass is 10.2. The number of carbonyl (C=O) groups is 1. The van der Waals surface area contributed by atoms with Gasteiger partial charge in [0.2, 0.25) is 0 Å². The highest BCUT2D eigenvalue weighted by Crippen LogP contribution is 2.21. The highest BCUT2D eigenvalue weighted by atomic mass is 19.1. The molecule has 0 aliphatic carbocycles. The van der Waals surface area contributed by atoms with Crippen molar-refractivity contribution >= 4 is 5.97 Å². The van der Waals surface area contributed by atoms with Crippen molar-refractivity contribution in [1.82, 2.24) is 9.55 Å². The van der Waals surface area contributed by atoms with Crippen LogP contribution in [0.3, 0.4) is 0 Å². The van der Waals surface area contributed by atoms with Crippen LogP contribution in [0.5, 0.6) is 5.75 Å². The van der Waals surface area contributed by atoms with E-state index in [4.69, 9.17) is 9.84 Å². The largest absolute Gasteiger partial charge is 0.492 e. The lowest BCUT2D eigenvalue weighted by molar-refractivity contribution is 0.0687. The Balaban J connectivity index is 2.06. The third kappa shape index (κ3) is 2.90. The maximum absolute atomic E-state index is 13.4. The number of hydrogen-bond donors (Lipinski definition) is 1. The summed E-state index contributed by atoms with van der Waals surface area (Å²) in [6, 6.07) is 3.94. The van der Waals surface area contributed by atoms with Crippen molar-refractivity contribution in [2.45, 2.75) is 6.42 Å². The van der Waals surface area contributed by atoms with Crippen LogP contribution >= 0.6 is 0 Å². The van der Waals surface area contributed by atoms with Gasteiger partial charge >= 0.3 is 5.97 Å². The Morgan fingerprint density at radius 2 is 2.32 bits per heavy atom. The summed E-state index contributed by atoms with van der Waals surface area (Å²) in [6.07, 6.45) is 3.99. The molecular formula is C13H13FN2O3. The number of aromatic carboxylic acids is 1. The number of rotatable bonds is 5. The van der Waals surface area contributed by atoms with Crippen molar-refractivity contribution in [2.24, 2.45) is 7.05 Å². The van der Waals surface area contributed by atoms with Gasteiger partial charge in [0, 0.05) is 25.9 Å². The molecule has 0 saturated heterocycles. The second-order valence-electron chi connectivity index (χ2n) is 3.97. The second kappa shape index (κ2) is 5.51. The topological polar surface area (TPSA) is 64.4 Å². The summed E-state index contributed by atoms with van der Waals surface area (Å²) < 4.78 is 20.6. The number of aromatic nitrogens is 2. The lowest BCUT2D eigenvalue weighted by Crippen LogP contribution is -2.10. The number of ether oxygens (including phenoxy) is 1. The Labute approximate surface area is 109 Å². The molecule has 0 unspecified atom stereocenters. The number of carboxylic acids is 1. The average Bonchev–Trinajstić information content (AvgIpc) is 2.75. The third-order valence-corrected chi connectivity index (χ3v) is 2.69. The van der Waals surface area contributed by atoms with Gasteiger partial charge in [-0.3, -0.25) is 0 Å². The number of nitrogens with zero attached hydrogens (tertiary/aromatic N) is 2. The van der Waals surface area contributed by atoms with E-state index in [-0.39, 0.29) is 12.4 Å². The van der Waals surface area contributed by atoms with Crippen LogP contribution in [0.25, 0.3) is 0 Å². The first-order valence-corrected chi connectivity index (χ1v) is 5.70. The number of halogens is 1. The Morgan fingerprint density at radius 3 is 2.95 bits per heavy atom. The van der Waals surface area contributed by atoms with Crippen molar-refractivity contribution in [3.05, 3.63) is 47.8 Å². The Morgan fingerprint density at radius 1 is 1.53 bits per heavy atom. The molecule has 0 saturated carbocycles. The minimum absolute atomic E-state index is 0.0294. The summed E-state index contributed by atoms with van der Waals surface area (Å²) in [5.74, 6) is -1.30. The second-order valence-corrected chi connectivity index (χ2v) is 3.97. The summed E-state index contributed by atoms with van der Waals surface area (Å²) in [5.41, 5.74) is -0.442. The maximum atomic E-state index is 13.4. The number of benzene rings is 1. The first-order valence-electron chi connectivity index (χ1n) is 5.70. The Hall–Kier alpha value is -2.37. The lowest BCUT2D eigenvalue weighted by Gasteiger charge is -2.09. The van der Waals surface area contributed by atoms with Crippen LogP contribution in [0.2, 0.25) is 0 Å². The highest BCUT2D eigenvalue weighted by Gasteiger charge is 2.16. The van der Waals surface area contributed by atoms with Crippen molar-refractivity contribution in [3.8, 4) is 5.75 Å². The van der Waals surface area contributed by atoms with Crippen LogP contribution < -0.4 is 4.74 Å². The van der Waals surface area contributed by atoms with Gasteiger partial charge in [0.25, 0.3) is 0 Å². The molecule has 19 heavy (non-hydrogen) atoms. The van der Waals surface area contributed by atoms with Crippen molar-refractivity contribution in [1.29, 1.82) is 0 Å². The standard InChI is InChI=1S/C13H13FN2O3/c1-16-7-6-15-11(16)5-8-19-10-4-2-3-9(14)12(10)13(17)18/h2-4,6-7H,5,8H2,1H3,(H,17,18). The SMILES string of the molecule is Cn1ccnc1CCOc1cccc(F)c1C(=O)O. The molecule has 0 fully saturated rings. The number of hydrogen-bond acceptors (Lipinski definition) is 3. The smallest absolute Gasteiger partial charge is 0.342 e. The summed E-state index contributed by atoms with van der Waals surface area (Å²) >= 11 is 0. The van der Waals surface area contributed by atoms with E-state index in [9.17, 15) is 9.18 Å². The van der Waals surface area contributed by atoms with Crippen LogP contribution in [0.4, 0.5) is 4.39 Å². The molecule has 0 radical (unpaired) electrons. The molecule has 0 spiro atoms. The van der Waals surface area contributed by atoms with E-state index >= 15 is 0 Å². The fourth-order valence-electron chi connectivity index (χ4n) is 1.72. The first kappa shape index (κ1) is 13.1. The van der Waals surface area contributed by atoms with Crippen LogP contribution in [-0.2, 0) is 13.5 Å². The van der Waals surface area contributed by atoms with Crippen LogP contribution in [0.15, 0.2) is 30.6 Å². The number of imidazole rings is 1. The van der Waals surface area contributed by atoms with Crippen molar-refractivity contribution < 1.29 is 19.0 Å². The van der Waals surface area contributed by atoms with Gasteiger partial charge in [-0.25, -0.2) is 14.2 Å². The number of carboxylic acid groups (broad SMARTS) is 1. The molecule has 6 heteroatoms. The molecule has 100 valence electrons. The van der Waals surface area contributed by atoms with Gasteiger partial charge in [0.15, 0.2) is 0 Å². The minimum atomic E-state index is -1.34. The van der Waals surface area contributed by atoms with Crippen LogP contribution in [0.1, 0.15) is 16.2 Å². The predicted octanol–water partition coefficient (Wildman–Crippen LogP) is 1.88. The normalized spacial score (nSPS) is 10.4. The van der Waals surface area contributed by atoms with E-state index in [1.165, 1.54) is 12.1 Å². The van der Waals surface area contributed by atoms with Crippen LogP contribution in [-0.4, -0.2) is 27.2 Å². The van der Waals surface area contributed by atoms with E-state index < -0.39 is 17.3 Å². The number of aryl methyl sites for hydroxylation is 1. The van der Waals surface area contributed by atoms with Gasteiger partial charge < -0.3 is 14.4 Å². The van der Waals surface area contributed by atoms with Crippen molar-refractivity contribution in [3.63, 3.8) is 0 Å². The van der Waals surface area contributed by atoms with Gasteiger partial charge in [0.05, 0.1) is 6.61 Å². The van der Waals surface area contributed by atoms with Gasteiger partial charge in [-0.05, 0) is 12.1 Å². The van der Waals surface area contributed by atoms with Crippen molar-refractivity contribution in [2.75, 3.05) is 6.61 Å². The van der Waals surface area contributed by atoms with E-state index in [1.54, 1.807) is 12.4 Å². The molecule has 1 N–H and O–H groups in total. The summed E-state index contributed by atoms with van der Waals surface area (Å²) in [6.45, 7) is 0.231. The molecule has 0 aliphatic rings. The van der Waals surface area contributed by atoms with Gasteiger partial charge in [-0.1, -0.05) is 6.07 Å². The zero-order valence-electron chi connectivity index (χ0n) is 10.3. The minimum Gasteiger partial charge on any atom is -0.492 e. The van der Waals surface area contributed by atoms with E-state index in [1.807, 2.05) is 11.6 Å². The van der Waals surface area contributed by atoms with E-state index in [2.05, 4.69) is 4.98 Å². The summed E-state index contributed by atoms with van der Waals surface area (Å²) in [7, 11) is 1.85. The van der Waals surface area contributed by atoms with E-state index in [0.29, 0.717) is 6.42 Å². The molecular weight excluding hydrogens is 251 g/mol. The molecule has 1 aromatic carbocycles. The molecule has 2 aromatic rings. The molecule has 1 heterocycles.